The van der Waals surface area contributed by atoms with Gasteiger partial charge in [0.2, 0.25) is 0 Å². The Morgan fingerprint density at radius 1 is 1.00 bits per heavy atom. The molecule has 0 bridgehead atoms. The van der Waals surface area contributed by atoms with E-state index < -0.39 is 27.1 Å². The first kappa shape index (κ1) is 19.5. The number of nitro benzene ring substituents is 2. The molecule has 0 saturated carbocycles. The molecule has 152 valence electrons. The molecule has 4 rings (SSSR count). The van der Waals surface area contributed by atoms with Gasteiger partial charge in [-0.15, -0.1) is 0 Å². The number of carbonyl (C=O) groups excluding carboxylic acids is 1. The number of carbonyl (C=O) groups is 1. The zero-order valence-electron chi connectivity index (χ0n) is 16.2. The maximum Gasteiger partial charge on any atom is 0.277 e. The average molecular weight is 405 g/mol. The summed E-state index contributed by atoms with van der Waals surface area (Å²) in [5.74, 6) is -0.430. The molecule has 30 heavy (non-hydrogen) atoms. The molecule has 8 nitrogen and oxygen atoms in total. The minimum atomic E-state index is -0.740. The van der Waals surface area contributed by atoms with E-state index in [1.165, 1.54) is 0 Å². The van der Waals surface area contributed by atoms with E-state index in [1.807, 2.05) is 31.2 Å². The molecule has 0 unspecified atom stereocenters. The molecule has 1 aliphatic rings. The van der Waals surface area contributed by atoms with Crippen LogP contribution in [0.4, 0.5) is 11.4 Å². The standard InChI is InChI=1S/C22H19N3O5/c1-13-6-7-15-9-8-14-4-2-3-5-19(14)20(15)21(13)23-22(26)16-10-17(24(27)28)12-18(11-16)25(29)30/h2-5,8-13,21H,6-7H2,1H3,(H,23,26)/t13-,21-/m1/s1. The van der Waals surface area contributed by atoms with Crippen LogP contribution >= 0.6 is 0 Å². The lowest BCUT2D eigenvalue weighted by atomic mass is 9.78. The molecule has 2 atom stereocenters. The van der Waals surface area contributed by atoms with E-state index in [9.17, 15) is 25.0 Å². The predicted octanol–water partition coefficient (Wildman–Crippen LogP) is 4.71. The largest absolute Gasteiger partial charge is 0.345 e. The van der Waals surface area contributed by atoms with Gasteiger partial charge in [0, 0.05) is 12.1 Å². The van der Waals surface area contributed by atoms with Crippen LogP contribution < -0.4 is 5.32 Å². The lowest BCUT2D eigenvalue weighted by Crippen LogP contribution is -2.35. The predicted molar refractivity (Wildman–Crippen MR) is 111 cm³/mol. The third-order valence-corrected chi connectivity index (χ3v) is 5.68. The zero-order valence-corrected chi connectivity index (χ0v) is 16.2. The van der Waals surface area contributed by atoms with Crippen LogP contribution in [0.2, 0.25) is 0 Å². The summed E-state index contributed by atoms with van der Waals surface area (Å²) in [4.78, 5) is 33.8. The molecule has 0 aliphatic heterocycles. The van der Waals surface area contributed by atoms with Gasteiger partial charge in [0.05, 0.1) is 27.5 Å². The number of nitrogens with one attached hydrogen (secondary N) is 1. The first-order valence-electron chi connectivity index (χ1n) is 9.60. The van der Waals surface area contributed by atoms with Crippen molar-refractivity contribution in [2.45, 2.75) is 25.8 Å². The number of nitrogens with zero attached hydrogens (tertiary/aromatic N) is 2. The smallest absolute Gasteiger partial charge is 0.277 e. The lowest BCUT2D eigenvalue weighted by Gasteiger charge is -2.33. The van der Waals surface area contributed by atoms with Crippen molar-refractivity contribution in [1.82, 2.24) is 5.32 Å². The van der Waals surface area contributed by atoms with Gasteiger partial charge in [-0.25, -0.2) is 0 Å². The Kier molecular flexibility index (Phi) is 4.91. The molecule has 0 spiro atoms. The van der Waals surface area contributed by atoms with Crippen LogP contribution in [-0.4, -0.2) is 15.8 Å². The van der Waals surface area contributed by atoms with Crippen LogP contribution in [0.15, 0.2) is 54.6 Å². The Bertz CT molecular complexity index is 1160. The normalized spacial score (nSPS) is 17.9. The van der Waals surface area contributed by atoms with Crippen LogP contribution in [0.5, 0.6) is 0 Å². The maximum absolute atomic E-state index is 13.0. The molecule has 1 amide bonds. The summed E-state index contributed by atoms with van der Waals surface area (Å²) in [6, 6.07) is 14.8. The van der Waals surface area contributed by atoms with E-state index in [0.717, 1.165) is 52.9 Å². The van der Waals surface area contributed by atoms with Gasteiger partial charge < -0.3 is 5.32 Å². The molecule has 0 saturated heterocycles. The summed E-state index contributed by atoms with van der Waals surface area (Å²) in [7, 11) is 0. The molecule has 0 heterocycles. The SMILES string of the molecule is C[C@@H]1CCc2ccc3ccccc3c2[C@@H]1NC(=O)c1cc([N+](=O)[O-])cc([N+](=O)[O-])c1. The second-order valence-electron chi connectivity index (χ2n) is 7.58. The second-order valence-corrected chi connectivity index (χ2v) is 7.58. The zero-order chi connectivity index (χ0) is 21.4. The fraction of sp³-hybridized carbons (Fsp3) is 0.227. The summed E-state index contributed by atoms with van der Waals surface area (Å²) >= 11 is 0. The van der Waals surface area contributed by atoms with E-state index in [2.05, 4.69) is 17.4 Å². The van der Waals surface area contributed by atoms with Gasteiger partial charge in [0.15, 0.2) is 0 Å². The summed E-state index contributed by atoms with van der Waals surface area (Å²) in [5.41, 5.74) is 1.12. The Labute approximate surface area is 171 Å². The molecule has 1 N–H and O–H groups in total. The van der Waals surface area contributed by atoms with E-state index in [4.69, 9.17) is 0 Å². The topological polar surface area (TPSA) is 115 Å². The van der Waals surface area contributed by atoms with Crippen LogP contribution in [0.1, 0.15) is 40.9 Å². The Morgan fingerprint density at radius 2 is 1.67 bits per heavy atom. The maximum atomic E-state index is 13.0. The number of hydrogen-bond donors (Lipinski definition) is 1. The molecular weight excluding hydrogens is 386 g/mol. The molecule has 0 aromatic heterocycles. The molecule has 3 aromatic rings. The van der Waals surface area contributed by atoms with Crippen molar-refractivity contribution < 1.29 is 14.6 Å². The number of fused-ring (bicyclic) bond motifs is 3. The van der Waals surface area contributed by atoms with Crippen molar-refractivity contribution in [1.29, 1.82) is 0 Å². The average Bonchev–Trinajstić information content (AvgIpc) is 2.74. The van der Waals surface area contributed by atoms with E-state index >= 15 is 0 Å². The summed E-state index contributed by atoms with van der Waals surface area (Å²) in [5, 5.41) is 27.4. The van der Waals surface area contributed by atoms with E-state index in [1.54, 1.807) is 0 Å². The number of benzene rings is 3. The fourth-order valence-corrected chi connectivity index (χ4v) is 4.14. The van der Waals surface area contributed by atoms with Crippen LogP contribution in [-0.2, 0) is 6.42 Å². The summed E-state index contributed by atoms with van der Waals surface area (Å²) in [6.45, 7) is 2.05. The fourth-order valence-electron chi connectivity index (χ4n) is 4.14. The third kappa shape index (κ3) is 3.47. The minimum absolute atomic E-state index is 0.101. The van der Waals surface area contributed by atoms with Gasteiger partial charge >= 0.3 is 0 Å². The quantitative estimate of drug-likeness (QED) is 0.498. The number of hydrogen-bond acceptors (Lipinski definition) is 5. The van der Waals surface area contributed by atoms with Crippen LogP contribution in [0.25, 0.3) is 10.8 Å². The van der Waals surface area contributed by atoms with Crippen molar-refractivity contribution in [3.8, 4) is 0 Å². The highest BCUT2D eigenvalue weighted by atomic mass is 16.6. The minimum Gasteiger partial charge on any atom is -0.345 e. The molecule has 3 aromatic carbocycles. The number of aryl methyl sites for hydroxylation is 1. The molecule has 0 radical (unpaired) electrons. The first-order valence-corrected chi connectivity index (χ1v) is 9.60. The lowest BCUT2D eigenvalue weighted by molar-refractivity contribution is -0.394. The van der Waals surface area contributed by atoms with Crippen molar-refractivity contribution in [2.75, 3.05) is 0 Å². The summed E-state index contributed by atoms with van der Waals surface area (Å²) in [6.07, 6.45) is 1.78. The Balaban J connectivity index is 1.75. The Morgan fingerprint density at radius 3 is 2.33 bits per heavy atom. The van der Waals surface area contributed by atoms with Crippen molar-refractivity contribution in [2.24, 2.45) is 5.92 Å². The highest BCUT2D eigenvalue weighted by Crippen LogP contribution is 2.39. The van der Waals surface area contributed by atoms with Gasteiger partial charge in [0.25, 0.3) is 17.3 Å². The van der Waals surface area contributed by atoms with Crippen LogP contribution in [0, 0.1) is 26.1 Å². The highest BCUT2D eigenvalue weighted by Gasteiger charge is 2.30. The van der Waals surface area contributed by atoms with Gasteiger partial charge in [-0.3, -0.25) is 25.0 Å². The van der Waals surface area contributed by atoms with Gasteiger partial charge in [0.1, 0.15) is 0 Å². The van der Waals surface area contributed by atoms with Gasteiger partial charge in [-0.2, -0.15) is 0 Å². The highest BCUT2D eigenvalue weighted by molar-refractivity contribution is 5.96. The van der Waals surface area contributed by atoms with Crippen LogP contribution in [0.3, 0.4) is 0 Å². The molecule has 1 aliphatic carbocycles. The molecule has 0 fully saturated rings. The Hall–Kier alpha value is -3.81. The number of rotatable bonds is 4. The second kappa shape index (κ2) is 7.55. The van der Waals surface area contributed by atoms with E-state index in [0.29, 0.717) is 0 Å². The van der Waals surface area contributed by atoms with Crippen molar-refractivity contribution in [3.05, 3.63) is 91.5 Å². The third-order valence-electron chi connectivity index (χ3n) is 5.68. The van der Waals surface area contributed by atoms with E-state index in [-0.39, 0.29) is 17.5 Å². The number of amides is 1. The monoisotopic (exact) mass is 405 g/mol. The molecule has 8 heteroatoms. The number of non-ortho nitro benzene ring substituents is 2. The molecular formula is C22H19N3O5. The van der Waals surface area contributed by atoms with Crippen molar-refractivity contribution >= 4 is 28.1 Å². The summed E-state index contributed by atoms with van der Waals surface area (Å²) < 4.78 is 0. The van der Waals surface area contributed by atoms with Gasteiger partial charge in [-0.1, -0.05) is 43.3 Å². The van der Waals surface area contributed by atoms with Crippen molar-refractivity contribution in [3.63, 3.8) is 0 Å². The number of nitro groups is 2. The van der Waals surface area contributed by atoms with Gasteiger partial charge in [-0.05, 0) is 40.7 Å². The first-order chi connectivity index (χ1) is 14.3.